The number of nitrogens with zero attached hydrogens (tertiary/aromatic N) is 2. The van der Waals surface area contributed by atoms with Crippen molar-refractivity contribution in [1.29, 1.82) is 0 Å². The van der Waals surface area contributed by atoms with Crippen LogP contribution in [0.3, 0.4) is 0 Å². The standard InChI is InChI=1S/C18H28BFN2O2.2ClH/c1-17(2)18(3,4)24-19(23-17)15-7-6-8-16(20)14(15)13-22-11-9-21(5)10-12-22;;/h6-8H,9-13H2,1-5H3;2*1H. The molecular weight excluding hydrogens is 377 g/mol. The van der Waals surface area contributed by atoms with E-state index in [2.05, 4.69) is 16.8 Å². The third-order valence-corrected chi connectivity index (χ3v) is 5.64. The van der Waals surface area contributed by atoms with Crippen molar-refractivity contribution in [3.05, 3.63) is 29.6 Å². The fourth-order valence-corrected chi connectivity index (χ4v) is 3.16. The molecular formula is C18H30BCl2FN2O2. The Morgan fingerprint density at radius 3 is 2.08 bits per heavy atom. The van der Waals surface area contributed by atoms with Gasteiger partial charge in [-0.3, -0.25) is 4.90 Å². The van der Waals surface area contributed by atoms with Crippen LogP contribution in [-0.2, 0) is 15.9 Å². The van der Waals surface area contributed by atoms with E-state index in [1.54, 1.807) is 6.07 Å². The molecule has 1 aromatic rings. The van der Waals surface area contributed by atoms with E-state index in [0.717, 1.165) is 31.6 Å². The number of benzene rings is 1. The normalized spacial score (nSPS) is 22.6. The van der Waals surface area contributed by atoms with Crippen LogP contribution in [0.4, 0.5) is 4.39 Å². The van der Waals surface area contributed by atoms with Crippen LogP contribution in [0.25, 0.3) is 0 Å². The fourth-order valence-electron chi connectivity index (χ4n) is 3.16. The highest BCUT2D eigenvalue weighted by Crippen LogP contribution is 2.36. The Hall–Kier alpha value is -0.365. The zero-order chi connectivity index (χ0) is 17.5. The summed E-state index contributed by atoms with van der Waals surface area (Å²) in [7, 11) is 1.60. The zero-order valence-corrected chi connectivity index (χ0v) is 17.9. The molecule has 0 atom stereocenters. The van der Waals surface area contributed by atoms with Crippen LogP contribution in [0.15, 0.2) is 18.2 Å². The topological polar surface area (TPSA) is 24.9 Å². The second kappa shape index (κ2) is 8.76. The van der Waals surface area contributed by atoms with Crippen molar-refractivity contribution in [2.75, 3.05) is 33.2 Å². The van der Waals surface area contributed by atoms with Gasteiger partial charge in [-0.15, -0.1) is 24.8 Å². The summed E-state index contributed by atoms with van der Waals surface area (Å²) < 4.78 is 26.8. The molecule has 2 heterocycles. The van der Waals surface area contributed by atoms with Crippen LogP contribution in [0.2, 0.25) is 0 Å². The maximum absolute atomic E-state index is 14.6. The van der Waals surface area contributed by atoms with Crippen molar-refractivity contribution >= 4 is 37.4 Å². The summed E-state index contributed by atoms with van der Waals surface area (Å²) in [6.07, 6.45) is 0. The minimum Gasteiger partial charge on any atom is -0.399 e. The first-order chi connectivity index (χ1) is 11.2. The molecule has 2 aliphatic heterocycles. The first-order valence-corrected chi connectivity index (χ1v) is 8.73. The lowest BCUT2D eigenvalue weighted by molar-refractivity contribution is 0.00578. The van der Waals surface area contributed by atoms with Crippen molar-refractivity contribution < 1.29 is 13.7 Å². The number of hydrogen-bond donors (Lipinski definition) is 0. The van der Waals surface area contributed by atoms with Gasteiger partial charge in [-0.25, -0.2) is 4.39 Å². The van der Waals surface area contributed by atoms with E-state index in [1.807, 2.05) is 33.8 Å². The number of hydrogen-bond acceptors (Lipinski definition) is 4. The molecule has 26 heavy (non-hydrogen) atoms. The lowest BCUT2D eigenvalue weighted by Crippen LogP contribution is -2.46. The van der Waals surface area contributed by atoms with Crippen LogP contribution in [0.1, 0.15) is 33.3 Å². The lowest BCUT2D eigenvalue weighted by atomic mass is 9.75. The van der Waals surface area contributed by atoms with Gasteiger partial charge in [0.25, 0.3) is 0 Å². The molecule has 0 spiro atoms. The first kappa shape index (κ1) is 23.7. The molecule has 8 heteroatoms. The van der Waals surface area contributed by atoms with Crippen molar-refractivity contribution in [1.82, 2.24) is 9.80 Å². The van der Waals surface area contributed by atoms with Crippen molar-refractivity contribution in [2.24, 2.45) is 0 Å². The van der Waals surface area contributed by atoms with E-state index in [4.69, 9.17) is 9.31 Å². The van der Waals surface area contributed by atoms with Crippen LogP contribution in [0, 0.1) is 5.82 Å². The smallest absolute Gasteiger partial charge is 0.399 e. The summed E-state index contributed by atoms with van der Waals surface area (Å²) >= 11 is 0. The van der Waals surface area contributed by atoms with E-state index >= 15 is 0 Å². The summed E-state index contributed by atoms with van der Waals surface area (Å²) in [6.45, 7) is 12.6. The molecule has 0 saturated carbocycles. The molecule has 2 saturated heterocycles. The molecule has 0 bridgehead atoms. The molecule has 0 N–H and O–H groups in total. The summed E-state index contributed by atoms with van der Waals surface area (Å²) in [5.41, 5.74) is 0.664. The Bertz CT molecular complexity index is 595. The molecule has 0 aromatic heterocycles. The van der Waals surface area contributed by atoms with Gasteiger partial charge in [0.05, 0.1) is 11.2 Å². The van der Waals surface area contributed by atoms with Gasteiger partial charge in [0.15, 0.2) is 0 Å². The maximum Gasteiger partial charge on any atom is 0.495 e. The summed E-state index contributed by atoms with van der Waals surface area (Å²) in [6, 6.07) is 5.19. The number of likely N-dealkylation sites (N-methyl/N-ethyl adjacent to an activating group) is 1. The first-order valence-electron chi connectivity index (χ1n) is 8.73. The van der Waals surface area contributed by atoms with Gasteiger partial charge >= 0.3 is 7.12 Å². The predicted molar refractivity (Wildman–Crippen MR) is 109 cm³/mol. The summed E-state index contributed by atoms with van der Waals surface area (Å²) in [5, 5.41) is 0. The monoisotopic (exact) mass is 406 g/mol. The maximum atomic E-state index is 14.6. The summed E-state index contributed by atoms with van der Waals surface area (Å²) in [5.74, 6) is -0.179. The third-order valence-electron chi connectivity index (χ3n) is 5.64. The molecule has 0 radical (unpaired) electrons. The second-order valence-electron chi connectivity index (χ2n) is 7.98. The van der Waals surface area contributed by atoms with Crippen LogP contribution in [0.5, 0.6) is 0 Å². The average Bonchev–Trinajstić information content (AvgIpc) is 2.71. The highest BCUT2D eigenvalue weighted by molar-refractivity contribution is 6.62. The molecule has 2 fully saturated rings. The predicted octanol–water partition coefficient (Wildman–Crippen LogP) is 2.72. The van der Waals surface area contributed by atoms with Gasteiger partial charge in [-0.2, -0.15) is 0 Å². The van der Waals surface area contributed by atoms with E-state index < -0.39 is 18.3 Å². The molecule has 3 rings (SSSR count). The molecule has 1 aromatic carbocycles. The molecule has 148 valence electrons. The Labute approximate surface area is 169 Å². The Morgan fingerprint density at radius 2 is 1.54 bits per heavy atom. The highest BCUT2D eigenvalue weighted by Gasteiger charge is 2.52. The molecule has 2 aliphatic rings. The number of piperazine rings is 1. The summed E-state index contributed by atoms with van der Waals surface area (Å²) in [4.78, 5) is 4.60. The van der Waals surface area contributed by atoms with Gasteiger partial charge in [-0.1, -0.05) is 12.1 Å². The SMILES string of the molecule is CN1CCN(Cc2c(F)cccc2B2OC(C)(C)C(C)(C)O2)CC1.Cl.Cl. The van der Waals surface area contributed by atoms with E-state index in [-0.39, 0.29) is 30.6 Å². The third kappa shape index (κ3) is 4.72. The Balaban J connectivity index is 0.00000169. The van der Waals surface area contributed by atoms with E-state index in [9.17, 15) is 4.39 Å². The molecule has 0 amide bonds. The Kier molecular flexibility index (Phi) is 7.98. The van der Waals surface area contributed by atoms with E-state index in [1.165, 1.54) is 6.07 Å². The van der Waals surface area contributed by atoms with E-state index in [0.29, 0.717) is 12.1 Å². The quantitative estimate of drug-likeness (QED) is 0.720. The molecule has 4 nitrogen and oxygen atoms in total. The van der Waals surface area contributed by atoms with Gasteiger partial charge in [0, 0.05) is 38.3 Å². The van der Waals surface area contributed by atoms with Crippen LogP contribution >= 0.6 is 24.8 Å². The number of halogens is 3. The van der Waals surface area contributed by atoms with Gasteiger partial charge < -0.3 is 14.2 Å². The Morgan fingerprint density at radius 1 is 1.00 bits per heavy atom. The largest absolute Gasteiger partial charge is 0.495 e. The zero-order valence-electron chi connectivity index (χ0n) is 16.3. The fraction of sp³-hybridized carbons (Fsp3) is 0.667. The van der Waals surface area contributed by atoms with Crippen LogP contribution in [-0.4, -0.2) is 61.3 Å². The van der Waals surface area contributed by atoms with Gasteiger partial charge in [0.1, 0.15) is 5.82 Å². The minimum absolute atomic E-state index is 0. The van der Waals surface area contributed by atoms with Crippen molar-refractivity contribution in [3.63, 3.8) is 0 Å². The lowest BCUT2D eigenvalue weighted by Gasteiger charge is -2.33. The van der Waals surface area contributed by atoms with Crippen molar-refractivity contribution in [3.8, 4) is 0 Å². The number of rotatable bonds is 3. The second-order valence-corrected chi connectivity index (χ2v) is 7.98. The molecule has 0 aliphatic carbocycles. The van der Waals surface area contributed by atoms with Crippen molar-refractivity contribution in [2.45, 2.75) is 45.4 Å². The van der Waals surface area contributed by atoms with Crippen LogP contribution < -0.4 is 5.46 Å². The van der Waals surface area contributed by atoms with Gasteiger partial charge in [0.2, 0.25) is 0 Å². The molecule has 0 unspecified atom stereocenters. The minimum atomic E-state index is -0.520. The highest BCUT2D eigenvalue weighted by atomic mass is 35.5. The van der Waals surface area contributed by atoms with Gasteiger partial charge in [-0.05, 0) is 46.3 Å². The average molecular weight is 407 g/mol.